The highest BCUT2D eigenvalue weighted by Crippen LogP contribution is 2.31. The Balaban J connectivity index is 2.26. The third-order valence-corrected chi connectivity index (χ3v) is 4.21. The van der Waals surface area contributed by atoms with Crippen molar-refractivity contribution in [3.05, 3.63) is 56.7 Å². The van der Waals surface area contributed by atoms with Gasteiger partial charge in [0.25, 0.3) is 0 Å². The highest BCUT2D eigenvalue weighted by atomic mass is 35.5. The second-order valence-corrected chi connectivity index (χ2v) is 5.27. The number of hydrogen-bond donors (Lipinski definition) is 1. The number of thiophene rings is 1. The molecule has 0 fully saturated rings. The number of rotatable bonds is 4. The van der Waals surface area contributed by atoms with Crippen molar-refractivity contribution < 1.29 is 8.78 Å². The van der Waals surface area contributed by atoms with E-state index in [0.717, 1.165) is 17.0 Å². The molecule has 1 atom stereocenters. The maximum atomic E-state index is 13.6. The van der Waals surface area contributed by atoms with Crippen LogP contribution in [0, 0.1) is 11.6 Å². The van der Waals surface area contributed by atoms with Gasteiger partial charge in [-0.2, -0.15) is 0 Å². The molecule has 1 unspecified atom stereocenters. The minimum Gasteiger partial charge on any atom is -0.312 e. The lowest BCUT2D eigenvalue weighted by molar-refractivity contribution is 0.548. The minimum absolute atomic E-state index is 0.117. The summed E-state index contributed by atoms with van der Waals surface area (Å²) in [5, 5.41) is 5.61. The van der Waals surface area contributed by atoms with Crippen LogP contribution in [-0.4, -0.2) is 7.05 Å². The molecule has 2 rings (SSSR count). The molecule has 0 aliphatic carbocycles. The average molecular weight is 288 g/mol. The molecule has 1 heterocycles. The van der Waals surface area contributed by atoms with Crippen LogP contribution < -0.4 is 5.32 Å². The van der Waals surface area contributed by atoms with Crippen molar-refractivity contribution in [1.82, 2.24) is 5.32 Å². The lowest BCUT2D eigenvalue weighted by Gasteiger charge is -2.16. The van der Waals surface area contributed by atoms with E-state index in [2.05, 4.69) is 5.32 Å². The van der Waals surface area contributed by atoms with E-state index in [0.29, 0.717) is 17.0 Å². The van der Waals surface area contributed by atoms with Gasteiger partial charge in [-0.05, 0) is 48.7 Å². The van der Waals surface area contributed by atoms with Gasteiger partial charge in [0, 0.05) is 10.9 Å². The lowest BCUT2D eigenvalue weighted by Crippen LogP contribution is -2.18. The van der Waals surface area contributed by atoms with Crippen molar-refractivity contribution in [2.45, 2.75) is 12.5 Å². The van der Waals surface area contributed by atoms with Gasteiger partial charge < -0.3 is 5.32 Å². The first-order valence-electron chi connectivity index (χ1n) is 5.46. The van der Waals surface area contributed by atoms with Gasteiger partial charge in [0.2, 0.25) is 0 Å². The summed E-state index contributed by atoms with van der Waals surface area (Å²) in [5.41, 5.74) is 0.346. The molecule has 0 bridgehead atoms. The number of nitrogens with one attached hydrogen (secondary N) is 1. The first-order valence-corrected chi connectivity index (χ1v) is 6.71. The minimum atomic E-state index is -0.432. The maximum Gasteiger partial charge on any atom is 0.126 e. The molecule has 0 amide bonds. The van der Waals surface area contributed by atoms with Crippen molar-refractivity contribution in [2.24, 2.45) is 0 Å². The average Bonchev–Trinajstić information content (AvgIpc) is 2.77. The standard InChI is InChI=1S/C13H12ClF2NS/c1-17-12(13-10(14)4-5-18-13)7-8-6-9(15)2-3-11(8)16/h2-6,12,17H,7H2,1H3. The predicted octanol–water partition coefficient (Wildman–Crippen LogP) is 4.18. The Hall–Kier alpha value is -0.970. The second-order valence-electron chi connectivity index (χ2n) is 3.91. The second kappa shape index (κ2) is 5.78. The van der Waals surface area contributed by atoms with Crippen molar-refractivity contribution in [1.29, 1.82) is 0 Å². The van der Waals surface area contributed by atoms with Crippen molar-refractivity contribution >= 4 is 22.9 Å². The molecule has 1 aromatic carbocycles. The first kappa shape index (κ1) is 13.5. The normalized spacial score (nSPS) is 12.7. The predicted molar refractivity (Wildman–Crippen MR) is 71.2 cm³/mol. The Bertz CT molecular complexity index is 542. The van der Waals surface area contributed by atoms with E-state index < -0.39 is 11.6 Å². The van der Waals surface area contributed by atoms with Gasteiger partial charge in [0.1, 0.15) is 11.6 Å². The van der Waals surface area contributed by atoms with E-state index in [1.165, 1.54) is 17.4 Å². The molecule has 0 saturated heterocycles. The van der Waals surface area contributed by atoms with Crippen molar-refractivity contribution in [2.75, 3.05) is 7.05 Å². The highest BCUT2D eigenvalue weighted by molar-refractivity contribution is 7.10. The molecule has 0 spiro atoms. The first-order chi connectivity index (χ1) is 8.61. The Morgan fingerprint density at radius 1 is 1.33 bits per heavy atom. The zero-order valence-electron chi connectivity index (χ0n) is 9.71. The van der Waals surface area contributed by atoms with Crippen LogP contribution in [0.5, 0.6) is 0 Å². The Morgan fingerprint density at radius 2 is 2.11 bits per heavy atom. The summed E-state index contributed by atoms with van der Waals surface area (Å²) in [5.74, 6) is -0.831. The fraction of sp³-hybridized carbons (Fsp3) is 0.231. The molecule has 96 valence electrons. The zero-order chi connectivity index (χ0) is 13.1. The van der Waals surface area contributed by atoms with Gasteiger partial charge in [-0.1, -0.05) is 11.6 Å². The van der Waals surface area contributed by atoms with E-state index in [-0.39, 0.29) is 6.04 Å². The molecule has 5 heteroatoms. The zero-order valence-corrected chi connectivity index (χ0v) is 11.3. The largest absolute Gasteiger partial charge is 0.312 e. The van der Waals surface area contributed by atoms with Crippen LogP contribution in [0.15, 0.2) is 29.6 Å². The Morgan fingerprint density at radius 3 is 2.72 bits per heavy atom. The van der Waals surface area contributed by atoms with Crippen LogP contribution in [0.1, 0.15) is 16.5 Å². The highest BCUT2D eigenvalue weighted by Gasteiger charge is 2.17. The summed E-state index contributed by atoms with van der Waals surface area (Å²) in [6.45, 7) is 0. The maximum absolute atomic E-state index is 13.6. The SMILES string of the molecule is CNC(Cc1cc(F)ccc1F)c1sccc1Cl. The molecule has 0 saturated carbocycles. The molecular weight excluding hydrogens is 276 g/mol. The number of halogens is 3. The molecule has 1 aromatic heterocycles. The molecule has 1 nitrogen and oxygen atoms in total. The summed E-state index contributed by atoms with van der Waals surface area (Å²) in [4.78, 5) is 0.933. The Labute approximate surface area is 113 Å². The summed E-state index contributed by atoms with van der Waals surface area (Å²) in [6, 6.07) is 5.17. The topological polar surface area (TPSA) is 12.0 Å². The molecule has 0 aliphatic heterocycles. The van der Waals surface area contributed by atoms with Gasteiger partial charge in [0.15, 0.2) is 0 Å². The third kappa shape index (κ3) is 2.88. The van der Waals surface area contributed by atoms with Crippen LogP contribution >= 0.6 is 22.9 Å². The van der Waals surface area contributed by atoms with E-state index in [9.17, 15) is 8.78 Å². The van der Waals surface area contributed by atoms with E-state index in [4.69, 9.17) is 11.6 Å². The number of benzene rings is 1. The van der Waals surface area contributed by atoms with Crippen LogP contribution in [0.25, 0.3) is 0 Å². The van der Waals surface area contributed by atoms with Gasteiger partial charge in [-0.15, -0.1) is 11.3 Å². The van der Waals surface area contributed by atoms with Gasteiger partial charge in [-0.25, -0.2) is 8.78 Å². The number of hydrogen-bond acceptors (Lipinski definition) is 2. The summed E-state index contributed by atoms with van der Waals surface area (Å²) in [7, 11) is 1.78. The van der Waals surface area contributed by atoms with Gasteiger partial charge in [-0.3, -0.25) is 0 Å². The summed E-state index contributed by atoms with van der Waals surface area (Å²) >= 11 is 7.55. The van der Waals surface area contributed by atoms with Gasteiger partial charge in [0.05, 0.1) is 5.02 Å². The molecule has 0 radical (unpaired) electrons. The summed E-state index contributed by atoms with van der Waals surface area (Å²) in [6.07, 6.45) is 0.361. The smallest absolute Gasteiger partial charge is 0.126 e. The van der Waals surface area contributed by atoms with Gasteiger partial charge >= 0.3 is 0 Å². The lowest BCUT2D eigenvalue weighted by atomic mass is 10.0. The molecule has 1 N–H and O–H groups in total. The van der Waals surface area contributed by atoms with Crippen LogP contribution in [-0.2, 0) is 6.42 Å². The molecule has 2 aromatic rings. The van der Waals surface area contributed by atoms with Crippen LogP contribution in [0.4, 0.5) is 8.78 Å². The fourth-order valence-corrected chi connectivity index (χ4v) is 3.10. The molecular formula is C13H12ClF2NS. The fourth-order valence-electron chi connectivity index (χ4n) is 1.80. The van der Waals surface area contributed by atoms with Crippen LogP contribution in [0.2, 0.25) is 5.02 Å². The monoisotopic (exact) mass is 287 g/mol. The van der Waals surface area contributed by atoms with Crippen molar-refractivity contribution in [3.8, 4) is 0 Å². The van der Waals surface area contributed by atoms with Crippen molar-refractivity contribution in [3.63, 3.8) is 0 Å². The third-order valence-electron chi connectivity index (χ3n) is 2.74. The van der Waals surface area contributed by atoms with E-state index in [1.54, 1.807) is 13.1 Å². The quantitative estimate of drug-likeness (QED) is 0.889. The molecule has 18 heavy (non-hydrogen) atoms. The number of likely N-dealkylation sites (N-methyl/N-ethyl adjacent to an activating group) is 1. The van der Waals surface area contributed by atoms with Crippen LogP contribution in [0.3, 0.4) is 0 Å². The molecule has 0 aliphatic rings. The van der Waals surface area contributed by atoms with E-state index in [1.807, 2.05) is 5.38 Å². The van der Waals surface area contributed by atoms with E-state index >= 15 is 0 Å². The Kier molecular flexibility index (Phi) is 4.32. The summed E-state index contributed by atoms with van der Waals surface area (Å²) < 4.78 is 26.7.